The van der Waals surface area contributed by atoms with E-state index in [1.54, 1.807) is 26.2 Å². The lowest BCUT2D eigenvalue weighted by molar-refractivity contribution is 0.0523. The summed E-state index contributed by atoms with van der Waals surface area (Å²) in [5.41, 5.74) is 2.85. The molecular weight excluding hydrogens is 332 g/mol. The number of carbonyl (C=O) groups excluding carboxylic acids is 1. The Balaban J connectivity index is 2.01. The summed E-state index contributed by atoms with van der Waals surface area (Å²) in [5, 5.41) is 8.01. The van der Waals surface area contributed by atoms with Crippen LogP contribution < -0.4 is 9.47 Å². The molecule has 1 aromatic heterocycles. The van der Waals surface area contributed by atoms with Crippen LogP contribution in [0.5, 0.6) is 11.5 Å². The minimum atomic E-state index is -0.419. The number of nitrogens with one attached hydrogen (secondary N) is 1. The first-order valence-corrected chi connectivity index (χ1v) is 8.22. The Hall–Kier alpha value is -3.28. The van der Waals surface area contributed by atoms with Crippen molar-refractivity contribution in [3.8, 4) is 11.5 Å². The van der Waals surface area contributed by atoms with E-state index >= 15 is 0 Å². The van der Waals surface area contributed by atoms with Crippen LogP contribution in [0.3, 0.4) is 0 Å². The van der Waals surface area contributed by atoms with Crippen molar-refractivity contribution in [1.29, 1.82) is 0 Å². The number of nitrogens with zero attached hydrogens (tertiary/aromatic N) is 1. The third-order valence-corrected chi connectivity index (χ3v) is 3.96. The van der Waals surface area contributed by atoms with Crippen molar-refractivity contribution < 1.29 is 19.0 Å². The van der Waals surface area contributed by atoms with Crippen LogP contribution in [0.2, 0.25) is 0 Å². The van der Waals surface area contributed by atoms with Crippen molar-refractivity contribution in [2.45, 2.75) is 6.92 Å². The van der Waals surface area contributed by atoms with Gasteiger partial charge in [0, 0.05) is 0 Å². The van der Waals surface area contributed by atoms with Gasteiger partial charge in [-0.1, -0.05) is 18.2 Å². The summed E-state index contributed by atoms with van der Waals surface area (Å²) in [6.45, 7) is 2.07. The number of methoxy groups -OCH3 is 2. The Bertz CT molecular complexity index is 942. The normalized spacial score (nSPS) is 11.0. The highest BCUT2D eigenvalue weighted by molar-refractivity contribution is 6.03. The molecule has 0 atom stereocenters. The van der Waals surface area contributed by atoms with Crippen LogP contribution in [0.4, 0.5) is 0 Å². The average molecular weight is 352 g/mol. The molecule has 0 bridgehead atoms. The third kappa shape index (κ3) is 3.39. The first-order valence-electron chi connectivity index (χ1n) is 8.22. The summed E-state index contributed by atoms with van der Waals surface area (Å²) >= 11 is 0. The topological polar surface area (TPSA) is 73.4 Å². The van der Waals surface area contributed by atoms with E-state index in [9.17, 15) is 4.79 Å². The standard InChI is InChI=1S/C20H20N2O4/c1-4-26-20(23)15-10-12-17-18(19(15)25-3)16(21-22-17)11-7-13-5-8-14(24-2)9-6-13/h5-12H,4H2,1-3H3,(H,21,22)/b11-7+. The highest BCUT2D eigenvalue weighted by Gasteiger charge is 2.19. The van der Waals surface area contributed by atoms with Gasteiger partial charge in [0.2, 0.25) is 0 Å². The van der Waals surface area contributed by atoms with Crippen LogP contribution in [0.1, 0.15) is 28.5 Å². The van der Waals surface area contributed by atoms with E-state index in [1.165, 1.54) is 7.11 Å². The van der Waals surface area contributed by atoms with Crippen molar-refractivity contribution in [2.24, 2.45) is 0 Å². The summed E-state index contributed by atoms with van der Waals surface area (Å²) in [5.74, 6) is 0.830. The molecule has 0 aliphatic carbocycles. The van der Waals surface area contributed by atoms with E-state index in [0.717, 1.165) is 22.4 Å². The van der Waals surface area contributed by atoms with Gasteiger partial charge in [-0.3, -0.25) is 5.10 Å². The van der Waals surface area contributed by atoms with Crippen molar-refractivity contribution in [3.63, 3.8) is 0 Å². The number of esters is 1. The van der Waals surface area contributed by atoms with Gasteiger partial charge in [0.15, 0.2) is 0 Å². The van der Waals surface area contributed by atoms with Crippen molar-refractivity contribution >= 4 is 29.0 Å². The first-order chi connectivity index (χ1) is 12.7. The van der Waals surface area contributed by atoms with Crippen molar-refractivity contribution in [2.75, 3.05) is 20.8 Å². The maximum Gasteiger partial charge on any atom is 0.341 e. The van der Waals surface area contributed by atoms with Gasteiger partial charge in [0.25, 0.3) is 0 Å². The Morgan fingerprint density at radius 1 is 1.08 bits per heavy atom. The number of rotatable bonds is 6. The van der Waals surface area contributed by atoms with Gasteiger partial charge < -0.3 is 14.2 Å². The minimum absolute atomic E-state index is 0.301. The Kier molecular flexibility index (Phi) is 5.22. The van der Waals surface area contributed by atoms with Crippen molar-refractivity contribution in [1.82, 2.24) is 10.2 Å². The van der Waals surface area contributed by atoms with Gasteiger partial charge >= 0.3 is 5.97 Å². The van der Waals surface area contributed by atoms with Crippen LogP contribution in [-0.4, -0.2) is 37.0 Å². The van der Waals surface area contributed by atoms with Crippen LogP contribution in [0.25, 0.3) is 23.1 Å². The molecule has 0 radical (unpaired) electrons. The van der Waals surface area contributed by atoms with Gasteiger partial charge in [-0.05, 0) is 42.8 Å². The second-order valence-corrected chi connectivity index (χ2v) is 5.50. The highest BCUT2D eigenvalue weighted by atomic mass is 16.5. The molecule has 1 N–H and O–H groups in total. The number of fused-ring (bicyclic) bond motifs is 1. The maximum atomic E-state index is 12.2. The summed E-state index contributed by atoms with van der Waals surface area (Å²) < 4.78 is 15.8. The van der Waals surface area contributed by atoms with Gasteiger partial charge in [-0.2, -0.15) is 5.10 Å². The monoisotopic (exact) mass is 352 g/mol. The van der Waals surface area contributed by atoms with Crippen LogP contribution in [0.15, 0.2) is 36.4 Å². The predicted octanol–water partition coefficient (Wildman–Crippen LogP) is 3.93. The summed E-state index contributed by atoms with van der Waals surface area (Å²) in [7, 11) is 3.16. The molecule has 26 heavy (non-hydrogen) atoms. The number of aromatic nitrogens is 2. The lowest BCUT2D eigenvalue weighted by Gasteiger charge is -2.09. The Morgan fingerprint density at radius 3 is 2.50 bits per heavy atom. The second kappa shape index (κ2) is 7.74. The molecule has 2 aromatic carbocycles. The second-order valence-electron chi connectivity index (χ2n) is 5.50. The fraction of sp³-hybridized carbons (Fsp3) is 0.200. The Labute approximate surface area is 151 Å². The molecule has 3 rings (SSSR count). The molecule has 6 nitrogen and oxygen atoms in total. The van der Waals surface area contributed by atoms with E-state index in [0.29, 0.717) is 23.4 Å². The molecule has 0 spiro atoms. The average Bonchev–Trinajstić information content (AvgIpc) is 3.09. The van der Waals surface area contributed by atoms with Crippen molar-refractivity contribution in [3.05, 3.63) is 53.2 Å². The molecule has 0 unspecified atom stereocenters. The molecule has 0 saturated heterocycles. The smallest absolute Gasteiger partial charge is 0.341 e. The molecule has 0 fully saturated rings. The zero-order valence-electron chi connectivity index (χ0n) is 14.9. The molecule has 0 aliphatic rings. The van der Waals surface area contributed by atoms with Gasteiger partial charge in [0.1, 0.15) is 17.1 Å². The molecule has 0 amide bonds. The number of hydrogen-bond acceptors (Lipinski definition) is 5. The number of hydrogen-bond donors (Lipinski definition) is 1. The minimum Gasteiger partial charge on any atom is -0.497 e. The molecule has 134 valence electrons. The van der Waals surface area contributed by atoms with Gasteiger partial charge in [-0.15, -0.1) is 0 Å². The first kappa shape index (κ1) is 17.5. The number of benzene rings is 2. The number of aromatic amines is 1. The van der Waals surface area contributed by atoms with E-state index in [1.807, 2.05) is 36.4 Å². The molecule has 0 aliphatic heterocycles. The Morgan fingerprint density at radius 2 is 1.85 bits per heavy atom. The summed E-state index contributed by atoms with van der Waals surface area (Å²) in [4.78, 5) is 12.2. The fourth-order valence-corrected chi connectivity index (χ4v) is 2.70. The molecule has 6 heteroatoms. The van der Waals surface area contributed by atoms with Crippen LogP contribution in [0, 0.1) is 0 Å². The van der Waals surface area contributed by atoms with Gasteiger partial charge in [-0.25, -0.2) is 4.79 Å². The zero-order valence-corrected chi connectivity index (χ0v) is 14.9. The van der Waals surface area contributed by atoms with Crippen LogP contribution in [-0.2, 0) is 4.74 Å². The third-order valence-electron chi connectivity index (χ3n) is 3.96. The molecule has 3 aromatic rings. The lowest BCUT2D eigenvalue weighted by atomic mass is 10.1. The van der Waals surface area contributed by atoms with E-state index in [4.69, 9.17) is 14.2 Å². The molecule has 1 heterocycles. The van der Waals surface area contributed by atoms with E-state index < -0.39 is 5.97 Å². The molecular formula is C20H20N2O4. The fourth-order valence-electron chi connectivity index (χ4n) is 2.70. The van der Waals surface area contributed by atoms with Gasteiger partial charge in [0.05, 0.1) is 37.4 Å². The zero-order chi connectivity index (χ0) is 18.5. The molecule has 0 saturated carbocycles. The summed E-state index contributed by atoms with van der Waals surface area (Å²) in [6, 6.07) is 11.1. The van der Waals surface area contributed by atoms with E-state index in [-0.39, 0.29) is 0 Å². The number of carbonyl (C=O) groups is 1. The highest BCUT2D eigenvalue weighted by Crippen LogP contribution is 2.32. The SMILES string of the molecule is CCOC(=O)c1ccc2n[nH]c(/C=C/c3ccc(OC)cc3)c2c1OC. The lowest BCUT2D eigenvalue weighted by Crippen LogP contribution is -2.07. The van der Waals surface area contributed by atoms with Crippen LogP contribution >= 0.6 is 0 Å². The largest absolute Gasteiger partial charge is 0.497 e. The van der Waals surface area contributed by atoms with E-state index in [2.05, 4.69) is 10.2 Å². The maximum absolute atomic E-state index is 12.2. The summed E-state index contributed by atoms with van der Waals surface area (Å²) in [6.07, 6.45) is 3.84. The quantitative estimate of drug-likeness (QED) is 0.681. The number of ether oxygens (including phenoxy) is 3. The number of H-pyrrole nitrogens is 1. The predicted molar refractivity (Wildman–Crippen MR) is 101 cm³/mol.